The highest BCUT2D eigenvalue weighted by Gasteiger charge is 2.07. The Morgan fingerprint density at radius 3 is 2.83 bits per heavy atom. The quantitative estimate of drug-likeness (QED) is 0.499. The predicted octanol–water partition coefficient (Wildman–Crippen LogP) is 2.80. The second kappa shape index (κ2) is 7.50. The number of carbonyl (C=O) groups excluding carboxylic acids is 1. The van der Waals surface area contributed by atoms with E-state index in [0.717, 1.165) is 11.1 Å². The second-order valence-corrected chi connectivity index (χ2v) is 5.74. The number of thiophene rings is 1. The highest BCUT2D eigenvalue weighted by atomic mass is 32.1. The maximum atomic E-state index is 11.6. The van der Waals surface area contributed by atoms with Crippen molar-refractivity contribution >= 4 is 29.1 Å². The standard InChI is InChI=1S/C15H15N3O4S/c1-10-3-4-13(5-11(10)2)22-8-15(19)17-16-7-14-6-12(9-23-14)18(20)21/h3-7,9H,8H2,1-2H3,(H,17,19)/b16-7-. The molecule has 1 aromatic heterocycles. The molecule has 0 unspecified atom stereocenters. The molecule has 0 aliphatic carbocycles. The summed E-state index contributed by atoms with van der Waals surface area (Å²) in [7, 11) is 0. The van der Waals surface area contributed by atoms with Gasteiger partial charge in [-0.2, -0.15) is 5.10 Å². The van der Waals surface area contributed by atoms with E-state index in [-0.39, 0.29) is 12.3 Å². The van der Waals surface area contributed by atoms with Gasteiger partial charge in [-0.1, -0.05) is 6.07 Å². The van der Waals surface area contributed by atoms with Crippen molar-refractivity contribution in [1.29, 1.82) is 0 Å². The lowest BCUT2D eigenvalue weighted by atomic mass is 10.1. The molecule has 23 heavy (non-hydrogen) atoms. The number of amides is 1. The summed E-state index contributed by atoms with van der Waals surface area (Å²) in [5.41, 5.74) is 4.54. The Labute approximate surface area is 136 Å². The lowest BCUT2D eigenvalue weighted by Gasteiger charge is -2.07. The number of nitrogens with one attached hydrogen (secondary N) is 1. The molecule has 0 fully saturated rings. The van der Waals surface area contributed by atoms with E-state index in [2.05, 4.69) is 10.5 Å². The predicted molar refractivity (Wildman–Crippen MR) is 88.1 cm³/mol. The molecule has 2 aromatic rings. The molecular formula is C15H15N3O4S. The van der Waals surface area contributed by atoms with Crippen molar-refractivity contribution in [2.45, 2.75) is 13.8 Å². The third kappa shape index (κ3) is 4.89. The molecule has 1 N–H and O–H groups in total. The lowest BCUT2D eigenvalue weighted by molar-refractivity contribution is -0.384. The van der Waals surface area contributed by atoms with Gasteiger partial charge in [0.05, 0.1) is 21.4 Å². The average molecular weight is 333 g/mol. The number of nitrogens with zero attached hydrogens (tertiary/aromatic N) is 2. The number of hydrogen-bond acceptors (Lipinski definition) is 6. The van der Waals surface area contributed by atoms with Crippen molar-refractivity contribution in [2.75, 3.05) is 6.61 Å². The summed E-state index contributed by atoms with van der Waals surface area (Å²) >= 11 is 1.17. The molecule has 0 atom stereocenters. The van der Waals surface area contributed by atoms with Gasteiger partial charge in [0, 0.05) is 6.07 Å². The van der Waals surface area contributed by atoms with Crippen LogP contribution in [0.1, 0.15) is 16.0 Å². The fourth-order valence-electron chi connectivity index (χ4n) is 1.66. The molecule has 7 nitrogen and oxygen atoms in total. The van der Waals surface area contributed by atoms with Crippen LogP contribution < -0.4 is 10.2 Å². The summed E-state index contributed by atoms with van der Waals surface area (Å²) in [6, 6.07) is 6.96. The van der Waals surface area contributed by atoms with Gasteiger partial charge in [-0.15, -0.1) is 11.3 Å². The molecular weight excluding hydrogens is 318 g/mol. The minimum absolute atomic E-state index is 0.000788. The molecule has 0 aliphatic heterocycles. The molecule has 1 aromatic carbocycles. The number of hydrogen-bond donors (Lipinski definition) is 1. The van der Waals surface area contributed by atoms with Gasteiger partial charge in [-0.3, -0.25) is 14.9 Å². The van der Waals surface area contributed by atoms with Crippen LogP contribution in [0.15, 0.2) is 34.7 Å². The normalized spacial score (nSPS) is 10.7. The van der Waals surface area contributed by atoms with Gasteiger partial charge in [0.15, 0.2) is 6.61 Å². The number of carbonyl (C=O) groups is 1. The number of ether oxygens (including phenoxy) is 1. The Balaban J connectivity index is 1.81. The molecule has 0 saturated carbocycles. The van der Waals surface area contributed by atoms with Crippen molar-refractivity contribution in [3.05, 3.63) is 55.8 Å². The number of nitro groups is 1. The molecule has 1 heterocycles. The van der Waals surface area contributed by atoms with Crippen LogP contribution in [0.5, 0.6) is 5.75 Å². The van der Waals surface area contributed by atoms with Gasteiger partial charge in [-0.05, 0) is 37.1 Å². The Hall–Kier alpha value is -2.74. The smallest absolute Gasteiger partial charge is 0.280 e. The summed E-state index contributed by atoms with van der Waals surface area (Å²) in [6.45, 7) is 3.80. The Bertz CT molecular complexity index is 755. The fraction of sp³-hybridized carbons (Fsp3) is 0.200. The van der Waals surface area contributed by atoms with E-state index in [4.69, 9.17) is 4.74 Å². The topological polar surface area (TPSA) is 93.8 Å². The minimum atomic E-state index is -0.482. The Morgan fingerprint density at radius 2 is 2.17 bits per heavy atom. The molecule has 0 spiro atoms. The van der Waals surface area contributed by atoms with Crippen molar-refractivity contribution in [1.82, 2.24) is 5.43 Å². The Morgan fingerprint density at radius 1 is 1.39 bits per heavy atom. The van der Waals surface area contributed by atoms with Crippen LogP contribution in [0.25, 0.3) is 0 Å². The third-order valence-corrected chi connectivity index (χ3v) is 3.90. The number of benzene rings is 1. The van der Waals surface area contributed by atoms with E-state index in [1.54, 1.807) is 6.07 Å². The number of rotatable bonds is 6. The highest BCUT2D eigenvalue weighted by Crippen LogP contribution is 2.19. The van der Waals surface area contributed by atoms with Crippen molar-refractivity contribution in [3.8, 4) is 5.75 Å². The number of aryl methyl sites for hydroxylation is 2. The molecule has 0 saturated heterocycles. The summed E-state index contributed by atoms with van der Waals surface area (Å²) < 4.78 is 5.37. The third-order valence-electron chi connectivity index (χ3n) is 3.05. The van der Waals surface area contributed by atoms with Crippen LogP contribution in [0.3, 0.4) is 0 Å². The van der Waals surface area contributed by atoms with E-state index in [9.17, 15) is 14.9 Å². The minimum Gasteiger partial charge on any atom is -0.484 e. The zero-order chi connectivity index (χ0) is 16.8. The van der Waals surface area contributed by atoms with Crippen molar-refractivity contribution < 1.29 is 14.5 Å². The zero-order valence-corrected chi connectivity index (χ0v) is 13.4. The van der Waals surface area contributed by atoms with Gasteiger partial charge in [0.25, 0.3) is 11.6 Å². The second-order valence-electron chi connectivity index (χ2n) is 4.79. The van der Waals surface area contributed by atoms with Gasteiger partial charge in [-0.25, -0.2) is 5.43 Å². The van der Waals surface area contributed by atoms with Gasteiger partial charge in [0.2, 0.25) is 0 Å². The average Bonchev–Trinajstić information content (AvgIpc) is 2.97. The maximum absolute atomic E-state index is 11.6. The van der Waals surface area contributed by atoms with Gasteiger partial charge >= 0.3 is 0 Å². The molecule has 8 heteroatoms. The molecule has 0 bridgehead atoms. The molecule has 1 amide bonds. The van der Waals surface area contributed by atoms with E-state index in [0.29, 0.717) is 10.6 Å². The summed E-state index contributed by atoms with van der Waals surface area (Å²) in [4.78, 5) is 22.3. The summed E-state index contributed by atoms with van der Waals surface area (Å²) in [5.74, 6) is 0.201. The molecule has 0 radical (unpaired) electrons. The van der Waals surface area contributed by atoms with Crippen LogP contribution in [0.4, 0.5) is 5.69 Å². The number of hydrazone groups is 1. The SMILES string of the molecule is Cc1ccc(OCC(=O)N/N=C\c2cc([N+](=O)[O-])cs2)cc1C. The monoisotopic (exact) mass is 333 g/mol. The van der Waals surface area contributed by atoms with Crippen LogP contribution in [-0.2, 0) is 4.79 Å². The molecule has 120 valence electrons. The highest BCUT2D eigenvalue weighted by molar-refractivity contribution is 7.12. The first-order valence-electron chi connectivity index (χ1n) is 6.70. The van der Waals surface area contributed by atoms with Crippen LogP contribution in [0, 0.1) is 24.0 Å². The molecule has 0 aliphatic rings. The van der Waals surface area contributed by atoms with E-state index < -0.39 is 10.8 Å². The summed E-state index contributed by atoms with van der Waals surface area (Å²) in [6.07, 6.45) is 1.35. The largest absolute Gasteiger partial charge is 0.484 e. The first-order valence-corrected chi connectivity index (χ1v) is 7.58. The van der Waals surface area contributed by atoms with Crippen LogP contribution >= 0.6 is 11.3 Å². The van der Waals surface area contributed by atoms with Gasteiger partial charge < -0.3 is 4.74 Å². The first kappa shape index (κ1) is 16.6. The lowest BCUT2D eigenvalue weighted by Crippen LogP contribution is -2.24. The van der Waals surface area contributed by atoms with E-state index >= 15 is 0 Å². The van der Waals surface area contributed by atoms with Crippen LogP contribution in [-0.4, -0.2) is 23.7 Å². The fourth-order valence-corrected chi connectivity index (χ4v) is 2.37. The van der Waals surface area contributed by atoms with Crippen molar-refractivity contribution in [2.24, 2.45) is 5.10 Å². The molecule has 2 rings (SSSR count). The van der Waals surface area contributed by atoms with E-state index in [1.807, 2.05) is 26.0 Å². The Kier molecular flexibility index (Phi) is 5.42. The summed E-state index contributed by atoms with van der Waals surface area (Å²) in [5, 5.41) is 15.7. The maximum Gasteiger partial charge on any atom is 0.280 e. The van der Waals surface area contributed by atoms with Crippen LogP contribution in [0.2, 0.25) is 0 Å². The zero-order valence-electron chi connectivity index (χ0n) is 12.6. The van der Waals surface area contributed by atoms with Gasteiger partial charge in [0.1, 0.15) is 5.75 Å². The van der Waals surface area contributed by atoms with Crippen molar-refractivity contribution in [3.63, 3.8) is 0 Å². The first-order chi connectivity index (χ1) is 11.0. The van der Waals surface area contributed by atoms with E-state index in [1.165, 1.54) is 29.0 Å².